The lowest BCUT2D eigenvalue weighted by molar-refractivity contribution is -0.134. The van der Waals surface area contributed by atoms with Crippen molar-refractivity contribution in [3.8, 4) is 11.5 Å². The Bertz CT molecular complexity index is 1070. The Morgan fingerprint density at radius 2 is 1.58 bits per heavy atom. The van der Waals surface area contributed by atoms with Gasteiger partial charge < -0.3 is 14.4 Å². The van der Waals surface area contributed by atoms with E-state index in [1.807, 2.05) is 45.9 Å². The summed E-state index contributed by atoms with van der Waals surface area (Å²) >= 11 is 0. The van der Waals surface area contributed by atoms with Gasteiger partial charge in [0.1, 0.15) is 16.4 Å². The molecule has 0 saturated carbocycles. The van der Waals surface area contributed by atoms with E-state index in [1.54, 1.807) is 17.0 Å². The minimum Gasteiger partial charge on any atom is -0.495 e. The van der Waals surface area contributed by atoms with Crippen LogP contribution in [0.4, 0.5) is 0 Å². The van der Waals surface area contributed by atoms with Crippen LogP contribution in [-0.4, -0.2) is 63.4 Å². The molecule has 0 spiro atoms. The molecule has 31 heavy (non-hydrogen) atoms. The summed E-state index contributed by atoms with van der Waals surface area (Å²) < 4.78 is 38.9. The third kappa shape index (κ3) is 4.85. The number of hydrogen-bond donors (Lipinski definition) is 0. The number of hydrogen-bond acceptors (Lipinski definition) is 5. The van der Waals surface area contributed by atoms with E-state index in [0.717, 1.165) is 22.3 Å². The van der Waals surface area contributed by atoms with Crippen LogP contribution in [0.15, 0.2) is 35.2 Å². The second kappa shape index (κ2) is 9.28. The number of methoxy groups -OCH3 is 1. The van der Waals surface area contributed by atoms with Gasteiger partial charge in [-0.05, 0) is 68.1 Å². The number of rotatable bonds is 6. The molecule has 0 bridgehead atoms. The second-order valence-corrected chi connectivity index (χ2v) is 9.77. The van der Waals surface area contributed by atoms with Gasteiger partial charge in [-0.15, -0.1) is 0 Å². The van der Waals surface area contributed by atoms with Crippen molar-refractivity contribution in [2.24, 2.45) is 0 Å². The zero-order valence-electron chi connectivity index (χ0n) is 18.8. The molecule has 2 aromatic rings. The Balaban J connectivity index is 1.64. The van der Waals surface area contributed by atoms with Crippen molar-refractivity contribution in [1.29, 1.82) is 0 Å². The van der Waals surface area contributed by atoms with Gasteiger partial charge in [-0.1, -0.05) is 12.1 Å². The van der Waals surface area contributed by atoms with Crippen LogP contribution in [0.3, 0.4) is 0 Å². The molecule has 1 aliphatic heterocycles. The lowest BCUT2D eigenvalue weighted by Gasteiger charge is -2.34. The molecule has 0 N–H and O–H groups in total. The molecule has 0 atom stereocenters. The summed E-state index contributed by atoms with van der Waals surface area (Å²) in [6.07, 6.45) is 0. The lowest BCUT2D eigenvalue weighted by atomic mass is 10.1. The van der Waals surface area contributed by atoms with E-state index in [0.29, 0.717) is 24.6 Å². The fourth-order valence-electron chi connectivity index (χ4n) is 3.55. The summed E-state index contributed by atoms with van der Waals surface area (Å²) in [7, 11) is -2.25. The number of ether oxygens (including phenoxy) is 2. The molecule has 0 radical (unpaired) electrons. The van der Waals surface area contributed by atoms with Gasteiger partial charge in [0.2, 0.25) is 10.0 Å². The average molecular weight is 447 g/mol. The van der Waals surface area contributed by atoms with E-state index in [4.69, 9.17) is 9.47 Å². The first-order valence-corrected chi connectivity index (χ1v) is 11.7. The van der Waals surface area contributed by atoms with Crippen LogP contribution in [0.25, 0.3) is 0 Å². The topological polar surface area (TPSA) is 76.2 Å². The number of piperazine rings is 1. The number of amides is 1. The molecular weight excluding hydrogens is 416 g/mol. The van der Waals surface area contributed by atoms with Crippen molar-refractivity contribution in [3.63, 3.8) is 0 Å². The molecular formula is C23H30N2O5S. The highest BCUT2D eigenvalue weighted by molar-refractivity contribution is 7.89. The molecule has 1 amide bonds. The molecule has 0 unspecified atom stereocenters. The fourth-order valence-corrected chi connectivity index (χ4v) is 5.20. The highest BCUT2D eigenvalue weighted by Crippen LogP contribution is 2.30. The average Bonchev–Trinajstić information content (AvgIpc) is 2.76. The normalized spacial score (nSPS) is 15.1. The van der Waals surface area contributed by atoms with Crippen LogP contribution in [0, 0.1) is 27.7 Å². The third-order valence-corrected chi connectivity index (χ3v) is 7.82. The minimum absolute atomic E-state index is 0.0674. The summed E-state index contributed by atoms with van der Waals surface area (Å²) in [5.74, 6) is 0.877. The third-order valence-electron chi connectivity index (χ3n) is 5.90. The van der Waals surface area contributed by atoms with Crippen molar-refractivity contribution in [1.82, 2.24) is 9.21 Å². The summed E-state index contributed by atoms with van der Waals surface area (Å²) in [5, 5.41) is 0. The zero-order valence-corrected chi connectivity index (χ0v) is 19.6. The van der Waals surface area contributed by atoms with Gasteiger partial charge in [-0.25, -0.2) is 8.42 Å². The van der Waals surface area contributed by atoms with E-state index in [9.17, 15) is 13.2 Å². The second-order valence-electron chi connectivity index (χ2n) is 7.86. The van der Waals surface area contributed by atoms with Crippen LogP contribution >= 0.6 is 0 Å². The van der Waals surface area contributed by atoms with Crippen molar-refractivity contribution >= 4 is 15.9 Å². The van der Waals surface area contributed by atoms with E-state index < -0.39 is 10.0 Å². The molecule has 0 aliphatic carbocycles. The maximum atomic E-state index is 13.2. The first-order chi connectivity index (χ1) is 14.6. The Kier molecular flexibility index (Phi) is 6.91. The van der Waals surface area contributed by atoms with E-state index in [2.05, 4.69) is 0 Å². The first-order valence-electron chi connectivity index (χ1n) is 10.3. The number of carbonyl (C=O) groups excluding carboxylic acids is 1. The van der Waals surface area contributed by atoms with Gasteiger partial charge in [0.05, 0.1) is 7.11 Å². The number of aryl methyl sites for hydroxylation is 3. The van der Waals surface area contributed by atoms with Crippen molar-refractivity contribution in [2.75, 3.05) is 39.9 Å². The van der Waals surface area contributed by atoms with Crippen LogP contribution in [-0.2, 0) is 14.8 Å². The van der Waals surface area contributed by atoms with Crippen LogP contribution in [0.2, 0.25) is 0 Å². The molecule has 0 aromatic heterocycles. The lowest BCUT2D eigenvalue weighted by Crippen LogP contribution is -2.51. The van der Waals surface area contributed by atoms with Crippen molar-refractivity contribution in [3.05, 3.63) is 52.6 Å². The summed E-state index contributed by atoms with van der Waals surface area (Å²) in [5.41, 5.74) is 3.96. The SMILES string of the molecule is COc1cc(C)c(C)cc1S(=O)(=O)N1CCN(C(=O)COc2cccc(C)c2C)CC1. The highest BCUT2D eigenvalue weighted by atomic mass is 32.2. The van der Waals surface area contributed by atoms with Crippen LogP contribution in [0.1, 0.15) is 22.3 Å². The summed E-state index contributed by atoms with van der Waals surface area (Å²) in [6, 6.07) is 9.13. The number of benzene rings is 2. The van der Waals surface area contributed by atoms with Crippen molar-refractivity contribution in [2.45, 2.75) is 32.6 Å². The molecule has 7 nitrogen and oxygen atoms in total. The summed E-state index contributed by atoms with van der Waals surface area (Å²) in [6.45, 7) is 8.78. The molecule has 1 heterocycles. The van der Waals surface area contributed by atoms with Gasteiger partial charge in [0.15, 0.2) is 6.61 Å². The molecule has 8 heteroatoms. The monoisotopic (exact) mass is 446 g/mol. The summed E-state index contributed by atoms with van der Waals surface area (Å²) in [4.78, 5) is 14.4. The molecule has 2 aromatic carbocycles. The van der Waals surface area contributed by atoms with Gasteiger partial charge in [-0.3, -0.25) is 4.79 Å². The first kappa shape index (κ1) is 23.1. The fraction of sp³-hybridized carbons (Fsp3) is 0.435. The Hall–Kier alpha value is -2.58. The van der Waals surface area contributed by atoms with E-state index in [-0.39, 0.29) is 30.5 Å². The Morgan fingerprint density at radius 3 is 2.23 bits per heavy atom. The maximum absolute atomic E-state index is 13.2. The molecule has 1 fully saturated rings. The quantitative estimate of drug-likeness (QED) is 0.682. The zero-order chi connectivity index (χ0) is 22.8. The predicted octanol–water partition coefficient (Wildman–Crippen LogP) is 2.84. The molecule has 1 aliphatic rings. The maximum Gasteiger partial charge on any atom is 0.260 e. The molecule has 1 saturated heterocycles. The van der Waals surface area contributed by atoms with Gasteiger partial charge in [-0.2, -0.15) is 4.31 Å². The minimum atomic E-state index is -3.72. The number of sulfonamides is 1. The number of carbonyl (C=O) groups is 1. The van der Waals surface area contributed by atoms with E-state index >= 15 is 0 Å². The van der Waals surface area contributed by atoms with E-state index in [1.165, 1.54) is 11.4 Å². The van der Waals surface area contributed by atoms with Gasteiger partial charge in [0.25, 0.3) is 5.91 Å². The highest BCUT2D eigenvalue weighted by Gasteiger charge is 2.32. The van der Waals surface area contributed by atoms with Crippen LogP contribution < -0.4 is 9.47 Å². The smallest absolute Gasteiger partial charge is 0.260 e. The van der Waals surface area contributed by atoms with Crippen LogP contribution in [0.5, 0.6) is 11.5 Å². The largest absolute Gasteiger partial charge is 0.495 e. The molecule has 168 valence electrons. The standard InChI is InChI=1S/C23H30N2O5S/c1-16-7-6-8-20(19(16)4)30-15-23(26)24-9-11-25(12-10-24)31(27,28)22-14-18(3)17(2)13-21(22)29-5/h6-8,13-14H,9-12,15H2,1-5H3. The number of nitrogens with zero attached hydrogens (tertiary/aromatic N) is 2. The molecule has 3 rings (SSSR count). The van der Waals surface area contributed by atoms with Gasteiger partial charge >= 0.3 is 0 Å². The Morgan fingerprint density at radius 1 is 0.935 bits per heavy atom. The Labute approximate surface area is 184 Å². The van der Waals surface area contributed by atoms with Crippen molar-refractivity contribution < 1.29 is 22.7 Å². The van der Waals surface area contributed by atoms with Gasteiger partial charge in [0, 0.05) is 26.2 Å². The predicted molar refractivity (Wildman–Crippen MR) is 119 cm³/mol.